The fourth-order valence-electron chi connectivity index (χ4n) is 2.61. The van der Waals surface area contributed by atoms with E-state index in [4.69, 9.17) is 0 Å². The first-order valence-electron chi connectivity index (χ1n) is 7.20. The maximum Gasteiger partial charge on any atom is -0.0149 e. The highest BCUT2D eigenvalue weighted by Gasteiger charge is 2.12. The molecule has 19 heavy (non-hydrogen) atoms. The molecule has 0 amide bonds. The molecule has 0 N–H and O–H groups in total. The summed E-state index contributed by atoms with van der Waals surface area (Å²) in [5, 5.41) is 0. The highest BCUT2D eigenvalue weighted by Crippen LogP contribution is 2.33. The van der Waals surface area contributed by atoms with E-state index >= 15 is 0 Å². The molecule has 2 aromatic carbocycles. The Morgan fingerprint density at radius 2 is 1.42 bits per heavy atom. The van der Waals surface area contributed by atoms with Crippen LogP contribution in [0.3, 0.4) is 0 Å². The van der Waals surface area contributed by atoms with Gasteiger partial charge in [-0.15, -0.1) is 0 Å². The van der Waals surface area contributed by atoms with Crippen LogP contribution in [-0.4, -0.2) is 0 Å². The minimum atomic E-state index is 0.570. The lowest BCUT2D eigenvalue weighted by atomic mass is 9.86. The molecular formula is C19H24. The largest absolute Gasteiger partial charge is 0.0622 e. The normalized spacial score (nSPS) is 11.3. The maximum atomic E-state index is 2.39. The van der Waals surface area contributed by atoms with Crippen LogP contribution in [0.4, 0.5) is 0 Å². The first-order valence-corrected chi connectivity index (χ1v) is 7.20. The lowest BCUT2D eigenvalue weighted by Gasteiger charge is -2.19. The SMILES string of the molecule is Cc1c(-c2ccccc2)cc(C(C)C)cc1C(C)C. The van der Waals surface area contributed by atoms with Crippen molar-refractivity contribution in [2.75, 3.05) is 0 Å². The van der Waals surface area contributed by atoms with E-state index in [9.17, 15) is 0 Å². The van der Waals surface area contributed by atoms with Gasteiger partial charge in [0.2, 0.25) is 0 Å². The molecule has 2 aromatic rings. The van der Waals surface area contributed by atoms with Crippen LogP contribution in [-0.2, 0) is 0 Å². The fourth-order valence-corrected chi connectivity index (χ4v) is 2.61. The van der Waals surface area contributed by atoms with Crippen LogP contribution in [0.15, 0.2) is 42.5 Å². The molecule has 0 nitrogen and oxygen atoms in total. The Bertz CT molecular complexity index is 548. The molecule has 0 unspecified atom stereocenters. The van der Waals surface area contributed by atoms with Gasteiger partial charge >= 0.3 is 0 Å². The van der Waals surface area contributed by atoms with Crippen LogP contribution in [0.25, 0.3) is 11.1 Å². The standard InChI is InChI=1S/C19H24/c1-13(2)17-11-18(14(3)4)15(5)19(12-17)16-9-7-6-8-10-16/h6-14H,1-5H3. The van der Waals surface area contributed by atoms with Gasteiger partial charge in [-0.3, -0.25) is 0 Å². The van der Waals surface area contributed by atoms with Crippen LogP contribution >= 0.6 is 0 Å². The Morgan fingerprint density at radius 3 is 1.95 bits per heavy atom. The van der Waals surface area contributed by atoms with Gasteiger partial charge in [0.25, 0.3) is 0 Å². The zero-order valence-corrected chi connectivity index (χ0v) is 12.7. The summed E-state index contributed by atoms with van der Waals surface area (Å²) in [6.45, 7) is 11.3. The van der Waals surface area contributed by atoms with Crippen molar-refractivity contribution in [1.29, 1.82) is 0 Å². The quantitative estimate of drug-likeness (QED) is 0.637. The number of benzene rings is 2. The van der Waals surface area contributed by atoms with Crippen molar-refractivity contribution in [3.05, 3.63) is 59.2 Å². The molecule has 0 bridgehead atoms. The highest BCUT2D eigenvalue weighted by molar-refractivity contribution is 5.70. The minimum absolute atomic E-state index is 0.570. The van der Waals surface area contributed by atoms with Crippen LogP contribution in [0, 0.1) is 6.92 Å². The predicted octanol–water partition coefficient (Wildman–Crippen LogP) is 5.91. The van der Waals surface area contributed by atoms with Gasteiger partial charge in [0, 0.05) is 0 Å². The molecule has 0 atom stereocenters. The molecular weight excluding hydrogens is 228 g/mol. The van der Waals surface area contributed by atoms with Gasteiger partial charge in [-0.25, -0.2) is 0 Å². The van der Waals surface area contributed by atoms with E-state index in [1.807, 2.05) is 0 Å². The number of hydrogen-bond donors (Lipinski definition) is 0. The predicted molar refractivity (Wildman–Crippen MR) is 84.8 cm³/mol. The van der Waals surface area contributed by atoms with Gasteiger partial charge in [-0.1, -0.05) is 70.2 Å². The zero-order valence-electron chi connectivity index (χ0n) is 12.7. The Hall–Kier alpha value is -1.56. The van der Waals surface area contributed by atoms with Gasteiger partial charge in [0.05, 0.1) is 0 Å². The van der Waals surface area contributed by atoms with Crippen LogP contribution in [0.1, 0.15) is 56.2 Å². The van der Waals surface area contributed by atoms with Crippen molar-refractivity contribution < 1.29 is 0 Å². The second-order valence-corrected chi connectivity index (χ2v) is 5.96. The smallest absolute Gasteiger partial charge is 0.0149 e. The van der Waals surface area contributed by atoms with E-state index in [1.165, 1.54) is 27.8 Å². The third-order valence-corrected chi connectivity index (χ3v) is 3.84. The second-order valence-electron chi connectivity index (χ2n) is 5.96. The summed E-state index contributed by atoms with van der Waals surface area (Å²) in [6, 6.07) is 15.5. The van der Waals surface area contributed by atoms with E-state index in [2.05, 4.69) is 77.1 Å². The van der Waals surface area contributed by atoms with Gasteiger partial charge in [-0.2, -0.15) is 0 Å². The van der Waals surface area contributed by atoms with E-state index in [1.54, 1.807) is 0 Å². The van der Waals surface area contributed by atoms with E-state index in [0.29, 0.717) is 11.8 Å². The molecule has 0 saturated carbocycles. The fraction of sp³-hybridized carbons (Fsp3) is 0.368. The number of rotatable bonds is 3. The molecule has 0 saturated heterocycles. The first-order chi connectivity index (χ1) is 9.00. The van der Waals surface area contributed by atoms with Crippen molar-refractivity contribution in [1.82, 2.24) is 0 Å². The Labute approximate surface area is 117 Å². The molecule has 0 heteroatoms. The summed E-state index contributed by atoms with van der Waals surface area (Å²) >= 11 is 0. The van der Waals surface area contributed by atoms with Gasteiger partial charge in [0.15, 0.2) is 0 Å². The zero-order chi connectivity index (χ0) is 14.0. The Kier molecular flexibility index (Phi) is 4.09. The van der Waals surface area contributed by atoms with E-state index in [0.717, 1.165) is 0 Å². The average Bonchev–Trinajstić information content (AvgIpc) is 2.39. The topological polar surface area (TPSA) is 0 Å². The molecule has 0 aliphatic rings. The summed E-state index contributed by atoms with van der Waals surface area (Å²) in [5.41, 5.74) is 7.05. The monoisotopic (exact) mass is 252 g/mol. The van der Waals surface area contributed by atoms with E-state index < -0.39 is 0 Å². The van der Waals surface area contributed by atoms with Crippen LogP contribution in [0.2, 0.25) is 0 Å². The lowest BCUT2D eigenvalue weighted by Crippen LogP contribution is -1.99. The molecule has 0 aliphatic heterocycles. The summed E-state index contributed by atoms with van der Waals surface area (Å²) in [5.74, 6) is 1.14. The van der Waals surface area contributed by atoms with Crippen LogP contribution < -0.4 is 0 Å². The van der Waals surface area contributed by atoms with Gasteiger partial charge in [-0.05, 0) is 46.6 Å². The van der Waals surface area contributed by atoms with Crippen molar-refractivity contribution in [2.24, 2.45) is 0 Å². The van der Waals surface area contributed by atoms with Gasteiger partial charge in [0.1, 0.15) is 0 Å². The molecule has 0 spiro atoms. The molecule has 0 aliphatic carbocycles. The summed E-state index contributed by atoms with van der Waals surface area (Å²) in [6.07, 6.45) is 0. The summed E-state index contributed by atoms with van der Waals surface area (Å²) in [7, 11) is 0. The molecule has 100 valence electrons. The third kappa shape index (κ3) is 2.89. The van der Waals surface area contributed by atoms with Crippen molar-refractivity contribution in [2.45, 2.75) is 46.5 Å². The lowest BCUT2D eigenvalue weighted by molar-refractivity contribution is 0.828. The first kappa shape index (κ1) is 13.9. The molecule has 0 aromatic heterocycles. The minimum Gasteiger partial charge on any atom is -0.0622 e. The van der Waals surface area contributed by atoms with Crippen molar-refractivity contribution in [3.8, 4) is 11.1 Å². The number of hydrogen-bond acceptors (Lipinski definition) is 0. The van der Waals surface area contributed by atoms with Crippen LogP contribution in [0.5, 0.6) is 0 Å². The van der Waals surface area contributed by atoms with Crippen molar-refractivity contribution in [3.63, 3.8) is 0 Å². The summed E-state index contributed by atoms with van der Waals surface area (Å²) in [4.78, 5) is 0. The molecule has 0 heterocycles. The summed E-state index contributed by atoms with van der Waals surface area (Å²) < 4.78 is 0. The second kappa shape index (κ2) is 5.61. The molecule has 0 fully saturated rings. The van der Waals surface area contributed by atoms with Gasteiger partial charge < -0.3 is 0 Å². The molecule has 0 radical (unpaired) electrons. The third-order valence-electron chi connectivity index (χ3n) is 3.84. The Morgan fingerprint density at radius 1 is 0.789 bits per heavy atom. The average molecular weight is 252 g/mol. The van der Waals surface area contributed by atoms with E-state index in [-0.39, 0.29) is 0 Å². The maximum absolute atomic E-state index is 2.39. The molecule has 2 rings (SSSR count). The van der Waals surface area contributed by atoms with Crippen molar-refractivity contribution >= 4 is 0 Å². The highest BCUT2D eigenvalue weighted by atomic mass is 14.2. The Balaban J connectivity index is 2.66.